The minimum Gasteiger partial charge on any atom is -0.368 e. The Morgan fingerprint density at radius 1 is 1.35 bits per heavy atom. The number of nitrogens with two attached hydrogens (primary N) is 1. The number of thioether (sulfide) groups is 1. The highest BCUT2D eigenvalue weighted by Gasteiger charge is 2.29. The van der Waals surface area contributed by atoms with Gasteiger partial charge in [0, 0.05) is 32.2 Å². The quantitative estimate of drug-likeness (QED) is 0.417. The number of nitriles is 1. The Labute approximate surface area is 206 Å². The predicted octanol–water partition coefficient (Wildman–Crippen LogP) is 4.69. The smallest absolute Gasteiger partial charge is 0.235 e. The van der Waals surface area contributed by atoms with Gasteiger partial charge in [-0.15, -0.1) is 0 Å². The van der Waals surface area contributed by atoms with Crippen LogP contribution in [0.2, 0.25) is 0 Å². The average Bonchev–Trinajstić information content (AvgIpc) is 3.16. The summed E-state index contributed by atoms with van der Waals surface area (Å²) in [5, 5.41) is 9.71. The summed E-state index contributed by atoms with van der Waals surface area (Å²) in [6.45, 7) is 15.9. The first-order valence-electron chi connectivity index (χ1n) is 11.6. The van der Waals surface area contributed by atoms with E-state index in [1.54, 1.807) is 0 Å². The molecule has 1 saturated heterocycles. The van der Waals surface area contributed by atoms with Crippen LogP contribution in [0.4, 0.5) is 11.5 Å². The summed E-state index contributed by atoms with van der Waals surface area (Å²) in [7, 11) is 1.94. The number of hydrogen-bond donors (Lipinski definition) is 1. The average molecular weight is 477 g/mol. The minimum atomic E-state index is -0.686. The van der Waals surface area contributed by atoms with Crippen molar-refractivity contribution in [3.8, 4) is 6.07 Å². The van der Waals surface area contributed by atoms with E-state index < -0.39 is 11.2 Å². The standard InChI is InChI=1S/C26H32N6OS/c1-6-20-21(16-27)26(34-23(24(28)33)19-10-8-7-9-11-19)30-25(22(20)29-4)31(5)14-15-32-17(2)12-13-18(32)3/h7-11,17-18,23H,6,12-15H2,1-3,5H3,(H2,28,33)/t17-,18-,23?/m0/s1. The van der Waals surface area contributed by atoms with Crippen LogP contribution >= 0.6 is 11.8 Å². The Balaban J connectivity index is 2.00. The number of amides is 1. The van der Waals surface area contributed by atoms with Gasteiger partial charge in [-0.3, -0.25) is 9.69 Å². The number of carbonyl (C=O) groups excluding carboxylic acids is 1. The van der Waals surface area contributed by atoms with Crippen LogP contribution in [-0.2, 0) is 11.2 Å². The van der Waals surface area contributed by atoms with Crippen molar-refractivity contribution < 1.29 is 4.79 Å². The highest BCUT2D eigenvalue weighted by atomic mass is 32.2. The number of likely N-dealkylation sites (N-methyl/N-ethyl adjacent to an activating group) is 1. The molecule has 0 bridgehead atoms. The van der Waals surface area contributed by atoms with Crippen LogP contribution in [0.3, 0.4) is 0 Å². The second-order valence-corrected chi connectivity index (χ2v) is 9.86. The van der Waals surface area contributed by atoms with Crippen molar-refractivity contribution in [1.82, 2.24) is 9.88 Å². The van der Waals surface area contributed by atoms with Crippen molar-refractivity contribution in [2.75, 3.05) is 25.0 Å². The molecule has 1 unspecified atom stereocenters. The Bertz CT molecular complexity index is 1100. The summed E-state index contributed by atoms with van der Waals surface area (Å²) < 4.78 is 0. The number of primary amides is 1. The zero-order valence-electron chi connectivity index (χ0n) is 20.3. The van der Waals surface area contributed by atoms with Crippen LogP contribution in [0.25, 0.3) is 4.85 Å². The third kappa shape index (κ3) is 5.35. The van der Waals surface area contributed by atoms with Gasteiger partial charge in [-0.05, 0) is 44.2 Å². The SMILES string of the molecule is [C-]#[N+]c1c(N(C)CCN2[C@@H](C)CC[C@@H]2C)nc(SC(C(N)=O)c2ccccc2)c(C#N)c1CC. The lowest BCUT2D eigenvalue weighted by atomic mass is 10.1. The molecule has 1 aliphatic heterocycles. The molecule has 0 radical (unpaired) electrons. The van der Waals surface area contributed by atoms with Crippen molar-refractivity contribution in [1.29, 1.82) is 5.26 Å². The second-order valence-electron chi connectivity index (χ2n) is 8.77. The predicted molar refractivity (Wildman–Crippen MR) is 137 cm³/mol. The molecule has 1 aliphatic rings. The number of carbonyl (C=O) groups is 1. The summed E-state index contributed by atoms with van der Waals surface area (Å²) in [5.74, 6) is 0.0465. The van der Waals surface area contributed by atoms with Crippen LogP contribution in [0.5, 0.6) is 0 Å². The molecular formula is C26H32N6OS. The molecule has 2 heterocycles. The maximum atomic E-state index is 12.3. The Kier molecular flexibility index (Phi) is 8.55. The number of nitrogens with zero attached hydrogens (tertiary/aromatic N) is 5. The molecule has 8 heteroatoms. The van der Waals surface area contributed by atoms with Gasteiger partial charge in [0.05, 0.1) is 12.1 Å². The number of anilines is 1. The fourth-order valence-corrected chi connectivity index (χ4v) is 5.66. The summed E-state index contributed by atoms with van der Waals surface area (Å²) in [4.78, 5) is 25.4. The highest BCUT2D eigenvalue weighted by molar-refractivity contribution is 8.00. The lowest BCUT2D eigenvalue weighted by molar-refractivity contribution is -0.117. The van der Waals surface area contributed by atoms with Crippen LogP contribution in [0.1, 0.15) is 55.6 Å². The topological polar surface area (TPSA) is 90.6 Å². The highest BCUT2D eigenvalue weighted by Crippen LogP contribution is 2.42. The third-order valence-electron chi connectivity index (χ3n) is 6.58. The maximum Gasteiger partial charge on any atom is 0.235 e. The summed E-state index contributed by atoms with van der Waals surface area (Å²) in [6, 6.07) is 12.6. The molecule has 178 valence electrons. The molecule has 7 nitrogen and oxygen atoms in total. The van der Waals surface area contributed by atoms with Gasteiger partial charge in [-0.1, -0.05) is 49.0 Å². The molecule has 1 fully saturated rings. The van der Waals surface area contributed by atoms with E-state index in [-0.39, 0.29) is 0 Å². The Morgan fingerprint density at radius 2 is 2.00 bits per heavy atom. The van der Waals surface area contributed by atoms with E-state index >= 15 is 0 Å². The first-order valence-corrected chi connectivity index (χ1v) is 12.5. The molecule has 0 saturated carbocycles. The van der Waals surface area contributed by atoms with Crippen molar-refractivity contribution in [2.45, 2.75) is 62.4 Å². The van der Waals surface area contributed by atoms with E-state index in [2.05, 4.69) is 29.7 Å². The van der Waals surface area contributed by atoms with Crippen LogP contribution < -0.4 is 10.6 Å². The van der Waals surface area contributed by atoms with Gasteiger partial charge in [0.1, 0.15) is 22.2 Å². The molecule has 0 spiro atoms. The second kappa shape index (κ2) is 11.4. The monoisotopic (exact) mass is 476 g/mol. The van der Waals surface area contributed by atoms with Gasteiger partial charge < -0.3 is 10.6 Å². The van der Waals surface area contributed by atoms with Crippen LogP contribution in [0.15, 0.2) is 35.4 Å². The first kappa shape index (κ1) is 25.6. The zero-order valence-corrected chi connectivity index (χ0v) is 21.1. The molecule has 2 aromatic rings. The first-order chi connectivity index (χ1) is 16.3. The van der Waals surface area contributed by atoms with E-state index in [1.807, 2.05) is 49.2 Å². The normalized spacial score (nSPS) is 18.8. The van der Waals surface area contributed by atoms with Crippen LogP contribution in [-0.4, -0.2) is 48.0 Å². The van der Waals surface area contributed by atoms with Gasteiger partial charge in [-0.2, -0.15) is 5.26 Å². The fraction of sp³-hybridized carbons (Fsp3) is 0.462. The van der Waals surface area contributed by atoms with Crippen molar-refractivity contribution in [2.24, 2.45) is 5.73 Å². The number of aromatic nitrogens is 1. The molecule has 0 aliphatic carbocycles. The molecule has 3 atom stereocenters. The Hall–Kier alpha value is -3.07. The largest absolute Gasteiger partial charge is 0.368 e. The maximum absolute atomic E-state index is 12.3. The van der Waals surface area contributed by atoms with Gasteiger partial charge in [0.2, 0.25) is 11.6 Å². The number of rotatable bonds is 9. The summed E-state index contributed by atoms with van der Waals surface area (Å²) in [5.41, 5.74) is 7.91. The molecule has 1 aromatic heterocycles. The Morgan fingerprint density at radius 3 is 2.53 bits per heavy atom. The molecule has 34 heavy (non-hydrogen) atoms. The molecule has 1 aromatic carbocycles. The minimum absolute atomic E-state index is 0.347. The number of likely N-dealkylation sites (tertiary alicyclic amines) is 1. The van der Waals surface area contributed by atoms with Gasteiger partial charge in [0.25, 0.3) is 0 Å². The summed E-state index contributed by atoms with van der Waals surface area (Å²) in [6.07, 6.45) is 2.91. The van der Waals surface area contributed by atoms with Crippen molar-refractivity contribution in [3.63, 3.8) is 0 Å². The van der Waals surface area contributed by atoms with Gasteiger partial charge in [-0.25, -0.2) is 9.83 Å². The number of pyridine rings is 1. The lowest BCUT2D eigenvalue weighted by Gasteiger charge is -2.30. The van der Waals surface area contributed by atoms with Crippen LogP contribution in [0, 0.1) is 17.9 Å². The van der Waals surface area contributed by atoms with Gasteiger partial charge in [0.15, 0.2) is 0 Å². The molecule has 3 rings (SSSR count). The number of hydrogen-bond acceptors (Lipinski definition) is 6. The molecule has 2 N–H and O–H groups in total. The van der Waals surface area contributed by atoms with Crippen molar-refractivity contribution in [3.05, 3.63) is 58.4 Å². The van der Waals surface area contributed by atoms with Gasteiger partial charge >= 0.3 is 0 Å². The van der Waals surface area contributed by atoms with Crippen molar-refractivity contribution >= 4 is 29.2 Å². The molecular weight excluding hydrogens is 444 g/mol. The lowest BCUT2D eigenvalue weighted by Crippen LogP contribution is -2.39. The third-order valence-corrected chi connectivity index (χ3v) is 7.84. The van der Waals surface area contributed by atoms with E-state index in [1.165, 1.54) is 24.6 Å². The number of benzene rings is 1. The van der Waals surface area contributed by atoms with E-state index in [0.29, 0.717) is 52.7 Å². The van der Waals surface area contributed by atoms with E-state index in [4.69, 9.17) is 17.3 Å². The zero-order chi connectivity index (χ0) is 24.8. The molecule has 1 amide bonds. The van der Waals surface area contributed by atoms with E-state index in [9.17, 15) is 10.1 Å². The summed E-state index contributed by atoms with van der Waals surface area (Å²) >= 11 is 1.18. The fourth-order valence-electron chi connectivity index (χ4n) is 4.61. The van der Waals surface area contributed by atoms with E-state index in [0.717, 1.165) is 12.1 Å².